The summed E-state index contributed by atoms with van der Waals surface area (Å²) in [6, 6.07) is 7.88. The van der Waals surface area contributed by atoms with E-state index in [9.17, 15) is 18.4 Å². The summed E-state index contributed by atoms with van der Waals surface area (Å²) >= 11 is 0. The Morgan fingerprint density at radius 2 is 1.82 bits per heavy atom. The average molecular weight is 382 g/mol. The number of nitrogens with zero attached hydrogens (tertiary/aromatic N) is 3. The van der Waals surface area contributed by atoms with E-state index in [1.807, 2.05) is 0 Å². The molecular weight excluding hydrogens is 366 g/mol. The second-order valence-electron chi connectivity index (χ2n) is 6.03. The number of carbonyl (C=O) groups is 2. The van der Waals surface area contributed by atoms with E-state index in [0.717, 1.165) is 17.7 Å². The van der Waals surface area contributed by atoms with Gasteiger partial charge in [0.1, 0.15) is 17.5 Å². The summed E-state index contributed by atoms with van der Waals surface area (Å²) in [7, 11) is 1.47. The quantitative estimate of drug-likeness (QED) is 0.747. The third-order valence-electron chi connectivity index (χ3n) is 3.97. The van der Waals surface area contributed by atoms with Crippen molar-refractivity contribution in [1.82, 2.24) is 9.97 Å². The van der Waals surface area contributed by atoms with E-state index in [-0.39, 0.29) is 11.5 Å². The van der Waals surface area contributed by atoms with Crippen LogP contribution in [0, 0.1) is 11.6 Å². The Morgan fingerprint density at radius 1 is 1.04 bits per heavy atom. The van der Waals surface area contributed by atoms with Crippen molar-refractivity contribution < 1.29 is 18.4 Å². The van der Waals surface area contributed by atoms with Crippen LogP contribution in [-0.2, 0) is 4.79 Å². The van der Waals surface area contributed by atoms with Gasteiger partial charge in [0.15, 0.2) is 0 Å². The molecule has 0 atom stereocenters. The summed E-state index contributed by atoms with van der Waals surface area (Å²) in [4.78, 5) is 33.2. The van der Waals surface area contributed by atoms with Gasteiger partial charge in [-0.15, -0.1) is 0 Å². The van der Waals surface area contributed by atoms with E-state index in [2.05, 4.69) is 15.3 Å². The van der Waals surface area contributed by atoms with Crippen molar-refractivity contribution in [3.05, 3.63) is 72.2 Å². The zero-order valence-electron chi connectivity index (χ0n) is 15.1. The number of halogens is 2. The summed E-state index contributed by atoms with van der Waals surface area (Å²) < 4.78 is 27.0. The minimum Gasteiger partial charge on any atom is -0.311 e. The van der Waals surface area contributed by atoms with Gasteiger partial charge in [-0.2, -0.15) is 0 Å². The second kappa shape index (κ2) is 7.91. The lowest BCUT2D eigenvalue weighted by molar-refractivity contribution is -0.114. The van der Waals surface area contributed by atoms with Crippen LogP contribution in [0.25, 0.3) is 11.1 Å². The van der Waals surface area contributed by atoms with Crippen LogP contribution in [0.15, 0.2) is 55.0 Å². The number of carbonyl (C=O) groups excluding carboxylic acids is 2. The topological polar surface area (TPSA) is 75.2 Å². The summed E-state index contributed by atoms with van der Waals surface area (Å²) in [5.74, 6) is -2.19. The molecule has 2 amide bonds. The monoisotopic (exact) mass is 382 g/mol. The zero-order chi connectivity index (χ0) is 20.3. The van der Waals surface area contributed by atoms with E-state index in [4.69, 9.17) is 0 Å². The highest BCUT2D eigenvalue weighted by molar-refractivity contribution is 6.06. The van der Waals surface area contributed by atoms with Crippen molar-refractivity contribution in [3.8, 4) is 11.1 Å². The van der Waals surface area contributed by atoms with Crippen LogP contribution in [0.5, 0.6) is 0 Å². The molecule has 3 rings (SSSR count). The highest BCUT2D eigenvalue weighted by atomic mass is 19.1. The Kier molecular flexibility index (Phi) is 5.39. The molecule has 0 saturated carbocycles. The van der Waals surface area contributed by atoms with E-state index in [1.165, 1.54) is 31.3 Å². The van der Waals surface area contributed by atoms with E-state index < -0.39 is 17.5 Å². The van der Waals surface area contributed by atoms with Gasteiger partial charge in [-0.25, -0.2) is 13.8 Å². The smallest absolute Gasteiger partial charge is 0.261 e. The summed E-state index contributed by atoms with van der Waals surface area (Å²) in [5, 5.41) is 2.60. The lowest BCUT2D eigenvalue weighted by Gasteiger charge is -2.18. The fourth-order valence-electron chi connectivity index (χ4n) is 2.59. The van der Waals surface area contributed by atoms with Crippen molar-refractivity contribution >= 4 is 23.3 Å². The normalized spacial score (nSPS) is 10.4. The van der Waals surface area contributed by atoms with Gasteiger partial charge in [0, 0.05) is 38.0 Å². The van der Waals surface area contributed by atoms with Crippen molar-refractivity contribution in [2.75, 3.05) is 17.3 Å². The zero-order valence-corrected chi connectivity index (χ0v) is 15.1. The molecule has 8 heteroatoms. The molecule has 3 aromatic rings. The van der Waals surface area contributed by atoms with Gasteiger partial charge in [-0.3, -0.25) is 14.6 Å². The van der Waals surface area contributed by atoms with Crippen LogP contribution >= 0.6 is 0 Å². The lowest BCUT2D eigenvalue weighted by Crippen LogP contribution is -2.27. The van der Waals surface area contributed by atoms with Crippen LogP contribution in [-0.4, -0.2) is 28.8 Å². The Labute approximate surface area is 159 Å². The van der Waals surface area contributed by atoms with Gasteiger partial charge in [0.25, 0.3) is 5.91 Å². The number of benzene rings is 1. The number of hydrogen-bond donors (Lipinski definition) is 1. The fourth-order valence-corrected chi connectivity index (χ4v) is 2.59. The molecule has 0 unspecified atom stereocenters. The predicted octanol–water partition coefficient (Wildman–Crippen LogP) is 3.66. The van der Waals surface area contributed by atoms with Gasteiger partial charge in [-0.05, 0) is 35.9 Å². The minimum atomic E-state index is -0.935. The van der Waals surface area contributed by atoms with Crippen molar-refractivity contribution in [2.24, 2.45) is 0 Å². The maximum Gasteiger partial charge on any atom is 0.261 e. The highest BCUT2D eigenvalue weighted by Crippen LogP contribution is 2.25. The molecular formula is C20H16F2N4O2. The number of pyridine rings is 2. The van der Waals surface area contributed by atoms with E-state index in [1.54, 1.807) is 24.4 Å². The third kappa shape index (κ3) is 4.17. The first kappa shape index (κ1) is 19.1. The molecule has 6 nitrogen and oxygen atoms in total. The summed E-state index contributed by atoms with van der Waals surface area (Å²) in [5.41, 5.74) is 1.57. The van der Waals surface area contributed by atoms with Gasteiger partial charge in [-0.1, -0.05) is 0 Å². The minimum absolute atomic E-state index is 0.244. The number of nitrogens with one attached hydrogen (secondary N) is 1. The number of anilines is 2. The fraction of sp³-hybridized carbons (Fsp3) is 0.100. The largest absolute Gasteiger partial charge is 0.311 e. The van der Waals surface area contributed by atoms with Gasteiger partial charge in [0.05, 0.1) is 17.4 Å². The molecule has 0 spiro atoms. The van der Waals surface area contributed by atoms with Crippen LogP contribution in [0.3, 0.4) is 0 Å². The number of aromatic nitrogens is 2. The second-order valence-corrected chi connectivity index (χ2v) is 6.03. The van der Waals surface area contributed by atoms with E-state index in [0.29, 0.717) is 23.1 Å². The van der Waals surface area contributed by atoms with Crippen molar-refractivity contribution in [1.29, 1.82) is 0 Å². The summed E-state index contributed by atoms with van der Waals surface area (Å²) in [6.07, 6.45) is 4.59. The number of hydrogen-bond acceptors (Lipinski definition) is 4. The standard InChI is InChI=1S/C20H16F2N4O2/c1-12(27)25-19-8-13(5-6-24-19)14-7-16(11-23-10-14)26(2)20(28)17-4-3-15(21)9-18(17)22/h3-11H,1-2H3,(H,24,25,27). The van der Waals surface area contributed by atoms with Crippen LogP contribution < -0.4 is 10.2 Å². The molecule has 0 saturated heterocycles. The molecule has 0 aliphatic carbocycles. The first-order valence-electron chi connectivity index (χ1n) is 8.27. The Morgan fingerprint density at radius 3 is 2.54 bits per heavy atom. The Bertz CT molecular complexity index is 1060. The molecule has 0 bridgehead atoms. The van der Waals surface area contributed by atoms with Gasteiger partial charge >= 0.3 is 0 Å². The first-order chi connectivity index (χ1) is 13.3. The van der Waals surface area contributed by atoms with Crippen LogP contribution in [0.4, 0.5) is 20.3 Å². The molecule has 0 radical (unpaired) electrons. The van der Waals surface area contributed by atoms with Crippen LogP contribution in [0.1, 0.15) is 17.3 Å². The molecule has 2 heterocycles. The number of rotatable bonds is 4. The number of amides is 2. The van der Waals surface area contributed by atoms with Gasteiger partial charge < -0.3 is 10.2 Å². The first-order valence-corrected chi connectivity index (χ1v) is 8.27. The molecule has 0 aliphatic rings. The molecule has 0 aliphatic heterocycles. The SMILES string of the molecule is CC(=O)Nc1cc(-c2cncc(N(C)C(=O)c3ccc(F)cc3F)c2)ccn1. The molecule has 28 heavy (non-hydrogen) atoms. The third-order valence-corrected chi connectivity index (χ3v) is 3.97. The molecule has 0 fully saturated rings. The van der Waals surface area contributed by atoms with Crippen LogP contribution in [0.2, 0.25) is 0 Å². The molecule has 1 N–H and O–H groups in total. The Balaban J connectivity index is 1.90. The van der Waals surface area contributed by atoms with Crippen molar-refractivity contribution in [2.45, 2.75) is 6.92 Å². The lowest BCUT2D eigenvalue weighted by atomic mass is 10.1. The molecule has 2 aromatic heterocycles. The maximum absolute atomic E-state index is 13.9. The maximum atomic E-state index is 13.9. The summed E-state index contributed by atoms with van der Waals surface area (Å²) in [6.45, 7) is 1.38. The van der Waals surface area contributed by atoms with Gasteiger partial charge in [0.2, 0.25) is 5.91 Å². The Hall–Kier alpha value is -3.68. The molecule has 142 valence electrons. The predicted molar refractivity (Wildman–Crippen MR) is 101 cm³/mol. The van der Waals surface area contributed by atoms with E-state index >= 15 is 0 Å². The average Bonchev–Trinajstić information content (AvgIpc) is 2.67. The van der Waals surface area contributed by atoms with Crippen molar-refractivity contribution in [3.63, 3.8) is 0 Å². The highest BCUT2D eigenvalue weighted by Gasteiger charge is 2.18. The molecule has 1 aromatic carbocycles.